The first kappa shape index (κ1) is 23.1. The largest absolute Gasteiger partial charge is 0.508 e. The van der Waals surface area contributed by atoms with Crippen LogP contribution in [0.3, 0.4) is 0 Å². The Hall–Kier alpha value is -3.59. The topological polar surface area (TPSA) is 113 Å². The molecule has 3 rings (SSSR count). The zero-order chi connectivity index (χ0) is 23.1. The average Bonchev–Trinajstić information content (AvgIpc) is 3.16. The molecule has 9 heteroatoms. The van der Waals surface area contributed by atoms with E-state index in [1.54, 1.807) is 6.92 Å². The van der Waals surface area contributed by atoms with Crippen LogP contribution in [0, 0.1) is 0 Å². The van der Waals surface area contributed by atoms with E-state index < -0.39 is 11.9 Å². The van der Waals surface area contributed by atoms with E-state index >= 15 is 0 Å². The summed E-state index contributed by atoms with van der Waals surface area (Å²) >= 11 is 1.12. The van der Waals surface area contributed by atoms with Gasteiger partial charge in [-0.15, -0.1) is 5.10 Å². The fraction of sp³-hybridized carbons (Fsp3) is 0.261. The fourth-order valence-electron chi connectivity index (χ4n) is 3.10. The number of thiazole rings is 1. The molecule has 168 valence electrons. The number of amides is 1. The van der Waals surface area contributed by atoms with E-state index in [2.05, 4.69) is 17.5 Å². The Morgan fingerprint density at radius 2 is 1.88 bits per heavy atom. The highest BCUT2D eigenvalue weighted by Crippen LogP contribution is 2.27. The standard InChI is InChI=1S/C23H25N3O5S/c1-3-5-13-26-19(15-9-7-6-8-10-15)20(22(30)31-4-2)32-23(26)25-24-21(29)17-14-16(27)11-12-18(17)28/h6-12,14,27-28H,3-5,13H2,1-2H3,(H,24,29)/b25-23+. The maximum atomic E-state index is 12.7. The van der Waals surface area contributed by atoms with Gasteiger partial charge >= 0.3 is 5.97 Å². The number of rotatable bonds is 8. The molecule has 1 heterocycles. The fourth-order valence-corrected chi connectivity index (χ4v) is 4.14. The molecule has 0 atom stereocenters. The second-order valence-electron chi connectivity index (χ2n) is 6.91. The number of carbonyl (C=O) groups is 2. The summed E-state index contributed by atoms with van der Waals surface area (Å²) in [6.07, 6.45) is 1.77. The van der Waals surface area contributed by atoms with E-state index in [-0.39, 0.29) is 23.7 Å². The predicted octanol–water partition coefficient (Wildman–Crippen LogP) is 3.85. The molecule has 0 radical (unpaired) electrons. The summed E-state index contributed by atoms with van der Waals surface area (Å²) in [5, 5.41) is 23.8. The lowest BCUT2D eigenvalue weighted by Crippen LogP contribution is -2.25. The summed E-state index contributed by atoms with van der Waals surface area (Å²) in [4.78, 5) is 26.0. The van der Waals surface area contributed by atoms with Crippen molar-refractivity contribution in [1.82, 2.24) is 9.99 Å². The smallest absolute Gasteiger partial charge is 0.350 e. The van der Waals surface area contributed by atoms with Crippen molar-refractivity contribution in [3.8, 4) is 22.8 Å². The Balaban J connectivity index is 2.10. The monoisotopic (exact) mass is 455 g/mol. The lowest BCUT2D eigenvalue weighted by molar-refractivity contribution is 0.0532. The molecular weight excluding hydrogens is 430 g/mol. The number of hydrogen-bond donors (Lipinski definition) is 3. The van der Waals surface area contributed by atoms with Crippen LogP contribution in [0.2, 0.25) is 0 Å². The number of ether oxygens (including phenoxy) is 1. The van der Waals surface area contributed by atoms with Gasteiger partial charge in [-0.25, -0.2) is 10.2 Å². The van der Waals surface area contributed by atoms with Crippen LogP contribution < -0.4 is 10.2 Å². The Bertz CT molecular complexity index is 1170. The maximum absolute atomic E-state index is 12.7. The number of phenols is 2. The number of aromatic hydroxyl groups is 2. The number of phenolic OH excluding ortho intramolecular Hbond substituents is 2. The van der Waals surface area contributed by atoms with Gasteiger partial charge in [0.2, 0.25) is 4.80 Å². The first-order valence-corrected chi connectivity index (χ1v) is 11.1. The van der Waals surface area contributed by atoms with Gasteiger partial charge in [-0.05, 0) is 37.1 Å². The normalized spacial score (nSPS) is 11.4. The molecule has 0 saturated carbocycles. The lowest BCUT2D eigenvalue weighted by atomic mass is 10.1. The summed E-state index contributed by atoms with van der Waals surface area (Å²) in [5.74, 6) is -1.58. The molecular formula is C23H25N3O5S. The summed E-state index contributed by atoms with van der Waals surface area (Å²) < 4.78 is 7.14. The average molecular weight is 456 g/mol. The molecule has 1 aromatic heterocycles. The third-order valence-corrected chi connectivity index (χ3v) is 5.69. The van der Waals surface area contributed by atoms with Crippen LogP contribution in [0.25, 0.3) is 11.3 Å². The van der Waals surface area contributed by atoms with Crippen LogP contribution in [-0.2, 0) is 11.3 Å². The molecule has 0 unspecified atom stereocenters. The van der Waals surface area contributed by atoms with E-state index in [0.717, 1.165) is 35.8 Å². The molecule has 3 N–H and O–H groups in total. The molecule has 0 bridgehead atoms. The number of unbranched alkanes of at least 4 members (excludes halogenated alkanes) is 1. The zero-order valence-corrected chi connectivity index (χ0v) is 18.7. The van der Waals surface area contributed by atoms with E-state index in [4.69, 9.17) is 4.74 Å². The number of carbonyl (C=O) groups excluding carboxylic acids is 2. The van der Waals surface area contributed by atoms with Crippen molar-refractivity contribution in [2.45, 2.75) is 33.2 Å². The molecule has 0 fully saturated rings. The summed E-state index contributed by atoms with van der Waals surface area (Å²) in [5.41, 5.74) is 3.81. The van der Waals surface area contributed by atoms with Gasteiger partial charge in [0.25, 0.3) is 5.91 Å². The minimum atomic E-state index is -0.687. The number of esters is 1. The molecule has 2 aromatic carbocycles. The van der Waals surface area contributed by atoms with Gasteiger partial charge in [0, 0.05) is 6.54 Å². The summed E-state index contributed by atoms with van der Waals surface area (Å²) in [6, 6.07) is 13.1. The van der Waals surface area contributed by atoms with Crippen molar-refractivity contribution in [1.29, 1.82) is 0 Å². The highest BCUT2D eigenvalue weighted by molar-refractivity contribution is 7.11. The first-order chi connectivity index (χ1) is 15.5. The van der Waals surface area contributed by atoms with Gasteiger partial charge in [-0.3, -0.25) is 4.79 Å². The van der Waals surface area contributed by atoms with Gasteiger partial charge in [0.15, 0.2) is 0 Å². The highest BCUT2D eigenvalue weighted by atomic mass is 32.1. The summed E-state index contributed by atoms with van der Waals surface area (Å²) in [6.45, 7) is 4.62. The van der Waals surface area contributed by atoms with E-state index in [1.807, 2.05) is 34.9 Å². The van der Waals surface area contributed by atoms with Crippen LogP contribution in [0.15, 0.2) is 53.6 Å². The molecule has 0 aliphatic carbocycles. The maximum Gasteiger partial charge on any atom is 0.350 e. The molecule has 32 heavy (non-hydrogen) atoms. The minimum absolute atomic E-state index is 0.112. The van der Waals surface area contributed by atoms with E-state index in [9.17, 15) is 19.8 Å². The number of nitrogens with one attached hydrogen (secondary N) is 1. The molecule has 0 saturated heterocycles. The van der Waals surface area contributed by atoms with E-state index in [0.29, 0.717) is 21.9 Å². The molecule has 0 spiro atoms. The Labute approximate surface area is 189 Å². The van der Waals surface area contributed by atoms with E-state index in [1.165, 1.54) is 12.1 Å². The Kier molecular flexibility index (Phi) is 7.67. The van der Waals surface area contributed by atoms with Crippen molar-refractivity contribution in [3.05, 3.63) is 63.8 Å². The van der Waals surface area contributed by atoms with Gasteiger partial charge < -0.3 is 19.5 Å². The summed E-state index contributed by atoms with van der Waals surface area (Å²) in [7, 11) is 0. The van der Waals surface area contributed by atoms with Crippen molar-refractivity contribution in [2.75, 3.05) is 6.61 Å². The number of nitrogens with zero attached hydrogens (tertiary/aromatic N) is 2. The van der Waals surface area contributed by atoms with Crippen LogP contribution in [0.5, 0.6) is 11.5 Å². The second-order valence-corrected chi connectivity index (χ2v) is 7.89. The van der Waals surface area contributed by atoms with Crippen LogP contribution in [-0.4, -0.2) is 33.3 Å². The first-order valence-electron chi connectivity index (χ1n) is 10.3. The Morgan fingerprint density at radius 3 is 2.56 bits per heavy atom. The van der Waals surface area contributed by atoms with Gasteiger partial charge in [0.05, 0.1) is 17.9 Å². The zero-order valence-electron chi connectivity index (χ0n) is 17.9. The number of hydrogen-bond acceptors (Lipinski definition) is 7. The van der Waals surface area contributed by atoms with Crippen LogP contribution in [0.4, 0.5) is 0 Å². The molecule has 3 aromatic rings. The molecule has 1 amide bonds. The molecule has 0 aliphatic rings. The SMILES string of the molecule is CCCCn1c(-c2ccccc2)c(C(=O)OCC)s/c1=N/NC(=O)c1cc(O)ccc1O. The van der Waals surface area contributed by atoms with Crippen LogP contribution >= 0.6 is 11.3 Å². The highest BCUT2D eigenvalue weighted by Gasteiger charge is 2.22. The van der Waals surface area contributed by atoms with Crippen molar-refractivity contribution >= 4 is 23.2 Å². The second kappa shape index (κ2) is 10.6. The quantitative estimate of drug-likeness (QED) is 0.271. The third kappa shape index (κ3) is 5.17. The lowest BCUT2D eigenvalue weighted by Gasteiger charge is -2.10. The van der Waals surface area contributed by atoms with Gasteiger partial charge in [-0.1, -0.05) is 55.0 Å². The molecule has 8 nitrogen and oxygen atoms in total. The molecule has 0 aliphatic heterocycles. The van der Waals surface area contributed by atoms with Crippen LogP contribution in [0.1, 0.15) is 46.7 Å². The number of aromatic nitrogens is 1. The van der Waals surface area contributed by atoms with Crippen molar-refractivity contribution in [2.24, 2.45) is 5.10 Å². The van der Waals surface area contributed by atoms with Gasteiger partial charge in [-0.2, -0.15) is 0 Å². The number of benzene rings is 2. The predicted molar refractivity (Wildman–Crippen MR) is 121 cm³/mol. The van der Waals surface area contributed by atoms with Crippen molar-refractivity contribution < 1.29 is 24.5 Å². The Morgan fingerprint density at radius 1 is 1.12 bits per heavy atom. The van der Waals surface area contributed by atoms with Crippen molar-refractivity contribution in [3.63, 3.8) is 0 Å². The minimum Gasteiger partial charge on any atom is -0.508 e. The third-order valence-electron chi connectivity index (χ3n) is 4.63. The van der Waals surface area contributed by atoms with Gasteiger partial charge in [0.1, 0.15) is 16.4 Å².